The summed E-state index contributed by atoms with van der Waals surface area (Å²) in [5.74, 6) is -2.13. The van der Waals surface area contributed by atoms with E-state index >= 15 is 0 Å². The zero-order valence-corrected chi connectivity index (χ0v) is 12.2. The Hall–Kier alpha value is -1.66. The van der Waals surface area contributed by atoms with Crippen LogP contribution in [0.15, 0.2) is 18.2 Å². The summed E-state index contributed by atoms with van der Waals surface area (Å²) < 4.78 is 13.1. The van der Waals surface area contributed by atoms with Crippen LogP contribution in [0, 0.1) is 11.7 Å². The fraction of sp³-hybridized carbons (Fsp3) is 0.429. The van der Waals surface area contributed by atoms with Gasteiger partial charge in [-0.3, -0.25) is 9.59 Å². The van der Waals surface area contributed by atoms with Gasteiger partial charge in [-0.05, 0) is 30.5 Å². The first-order valence-corrected chi connectivity index (χ1v) is 6.99. The molecule has 114 valence electrons. The molecule has 1 aromatic rings. The smallest absolute Gasteiger partial charge is 0.313 e. The Labute approximate surface area is 126 Å². The van der Waals surface area contributed by atoms with E-state index in [1.165, 1.54) is 11.0 Å². The predicted octanol–water partition coefficient (Wildman–Crippen LogP) is 1.65. The third-order valence-electron chi connectivity index (χ3n) is 3.58. The van der Waals surface area contributed by atoms with Crippen molar-refractivity contribution in [3.63, 3.8) is 0 Å². The normalized spacial score (nSPS) is 22.0. The highest BCUT2D eigenvalue weighted by atomic mass is 35.5. The van der Waals surface area contributed by atoms with Crippen molar-refractivity contribution < 1.29 is 19.1 Å². The molecule has 2 N–H and O–H groups in total. The molecule has 1 heterocycles. The van der Waals surface area contributed by atoms with Crippen LogP contribution < -0.4 is 5.32 Å². The second kappa shape index (κ2) is 6.41. The molecule has 7 heteroatoms. The molecule has 1 saturated heterocycles. The minimum absolute atomic E-state index is 0.0425. The molecule has 1 aliphatic rings. The monoisotopic (exact) mass is 314 g/mol. The molecule has 0 bridgehead atoms. The largest absolute Gasteiger partial charge is 0.391 e. The molecule has 0 aromatic heterocycles. The van der Waals surface area contributed by atoms with Gasteiger partial charge in [0, 0.05) is 13.1 Å². The summed E-state index contributed by atoms with van der Waals surface area (Å²) >= 11 is 5.83. The fourth-order valence-electron chi connectivity index (χ4n) is 2.15. The molecule has 2 atom stereocenters. The molecule has 0 aliphatic carbocycles. The number of carbonyl (C=O) groups excluding carboxylic acids is 2. The molecule has 2 unspecified atom stereocenters. The zero-order valence-electron chi connectivity index (χ0n) is 11.5. The number of nitrogens with zero attached hydrogens (tertiary/aromatic N) is 1. The van der Waals surface area contributed by atoms with Crippen molar-refractivity contribution in [3.8, 4) is 0 Å². The number of piperidine rings is 1. The van der Waals surface area contributed by atoms with Crippen molar-refractivity contribution in [3.05, 3.63) is 29.0 Å². The van der Waals surface area contributed by atoms with Crippen molar-refractivity contribution in [2.75, 3.05) is 18.4 Å². The third-order valence-corrected chi connectivity index (χ3v) is 3.91. The Morgan fingerprint density at radius 1 is 1.48 bits per heavy atom. The van der Waals surface area contributed by atoms with E-state index in [1.807, 2.05) is 6.92 Å². The Morgan fingerprint density at radius 2 is 2.19 bits per heavy atom. The molecule has 0 saturated carbocycles. The number of amides is 2. The van der Waals surface area contributed by atoms with E-state index in [1.54, 1.807) is 0 Å². The molecule has 21 heavy (non-hydrogen) atoms. The highest BCUT2D eigenvalue weighted by molar-refractivity contribution is 6.41. The molecule has 2 amide bonds. The first kappa shape index (κ1) is 15.7. The van der Waals surface area contributed by atoms with Crippen molar-refractivity contribution in [1.29, 1.82) is 0 Å². The summed E-state index contributed by atoms with van der Waals surface area (Å²) in [5.41, 5.74) is 0.0425. The highest BCUT2D eigenvalue weighted by Crippen LogP contribution is 2.23. The number of hydrogen-bond acceptors (Lipinski definition) is 3. The van der Waals surface area contributed by atoms with Gasteiger partial charge in [0.05, 0.1) is 16.8 Å². The van der Waals surface area contributed by atoms with Crippen LogP contribution in [0.4, 0.5) is 10.1 Å². The fourth-order valence-corrected chi connectivity index (χ4v) is 2.31. The van der Waals surface area contributed by atoms with Gasteiger partial charge >= 0.3 is 11.8 Å². The number of aliphatic hydroxyl groups is 1. The molecular formula is C14H16ClFN2O3. The lowest BCUT2D eigenvalue weighted by Gasteiger charge is -2.33. The minimum atomic E-state index is -0.899. The van der Waals surface area contributed by atoms with E-state index in [-0.39, 0.29) is 23.2 Å². The summed E-state index contributed by atoms with van der Waals surface area (Å²) in [6.07, 6.45) is -0.0192. The van der Waals surface area contributed by atoms with Gasteiger partial charge in [0.1, 0.15) is 5.82 Å². The van der Waals surface area contributed by atoms with E-state index in [0.29, 0.717) is 13.0 Å². The van der Waals surface area contributed by atoms with Gasteiger partial charge in [0.25, 0.3) is 0 Å². The molecule has 1 aromatic carbocycles. The zero-order chi connectivity index (χ0) is 15.6. The number of halogens is 2. The Balaban J connectivity index is 2.03. The quantitative estimate of drug-likeness (QED) is 0.774. The Bertz CT molecular complexity index is 567. The van der Waals surface area contributed by atoms with Crippen LogP contribution in [0.3, 0.4) is 0 Å². The number of aliphatic hydroxyl groups excluding tert-OH is 1. The lowest BCUT2D eigenvalue weighted by atomic mass is 9.96. The number of carbonyl (C=O) groups is 2. The Morgan fingerprint density at radius 3 is 2.86 bits per heavy atom. The highest BCUT2D eigenvalue weighted by Gasteiger charge is 2.30. The lowest BCUT2D eigenvalue weighted by Crippen LogP contribution is -2.49. The van der Waals surface area contributed by atoms with Gasteiger partial charge in [-0.2, -0.15) is 0 Å². The maximum atomic E-state index is 13.1. The van der Waals surface area contributed by atoms with Crippen molar-refractivity contribution in [2.45, 2.75) is 19.4 Å². The Kier molecular flexibility index (Phi) is 4.80. The second-order valence-electron chi connectivity index (χ2n) is 5.16. The van der Waals surface area contributed by atoms with E-state index in [4.69, 9.17) is 11.6 Å². The van der Waals surface area contributed by atoms with Crippen molar-refractivity contribution in [1.82, 2.24) is 4.90 Å². The average Bonchev–Trinajstić information content (AvgIpc) is 2.45. The number of likely N-dealkylation sites (tertiary alicyclic amines) is 1. The van der Waals surface area contributed by atoms with Crippen LogP contribution in [-0.4, -0.2) is 41.0 Å². The standard InChI is InChI=1S/C14H16ClFN2O3/c1-8-4-5-18(7-12(8)19)14(21)13(20)17-11-6-9(16)2-3-10(11)15/h2-3,6,8,12,19H,4-5,7H2,1H3,(H,17,20). The number of rotatable bonds is 1. The van der Waals surface area contributed by atoms with E-state index < -0.39 is 23.7 Å². The van der Waals surface area contributed by atoms with Crippen LogP contribution in [0.1, 0.15) is 13.3 Å². The first-order chi connectivity index (χ1) is 9.88. The average molecular weight is 315 g/mol. The topological polar surface area (TPSA) is 69.6 Å². The number of nitrogens with one attached hydrogen (secondary N) is 1. The first-order valence-electron chi connectivity index (χ1n) is 6.62. The van der Waals surface area contributed by atoms with Crippen LogP contribution in [0.5, 0.6) is 0 Å². The van der Waals surface area contributed by atoms with Crippen molar-refractivity contribution >= 4 is 29.1 Å². The maximum absolute atomic E-state index is 13.1. The molecule has 1 aliphatic heterocycles. The van der Waals surface area contributed by atoms with Gasteiger partial charge in [-0.1, -0.05) is 18.5 Å². The van der Waals surface area contributed by atoms with Gasteiger partial charge in [0.15, 0.2) is 0 Å². The van der Waals surface area contributed by atoms with Crippen LogP contribution in [0.2, 0.25) is 5.02 Å². The molecule has 1 fully saturated rings. The third kappa shape index (κ3) is 3.71. The number of benzene rings is 1. The predicted molar refractivity (Wildman–Crippen MR) is 76.4 cm³/mol. The molecular weight excluding hydrogens is 299 g/mol. The van der Waals surface area contributed by atoms with Gasteiger partial charge in [0.2, 0.25) is 0 Å². The van der Waals surface area contributed by atoms with E-state index in [9.17, 15) is 19.1 Å². The second-order valence-corrected chi connectivity index (χ2v) is 5.57. The van der Waals surface area contributed by atoms with Gasteiger partial charge in [-0.15, -0.1) is 0 Å². The van der Waals surface area contributed by atoms with E-state index in [2.05, 4.69) is 5.32 Å². The van der Waals surface area contributed by atoms with Crippen LogP contribution in [-0.2, 0) is 9.59 Å². The summed E-state index contributed by atoms with van der Waals surface area (Å²) in [6.45, 7) is 2.41. The summed E-state index contributed by atoms with van der Waals surface area (Å²) in [6, 6.07) is 3.49. The number of hydrogen-bond donors (Lipinski definition) is 2. The van der Waals surface area contributed by atoms with Crippen LogP contribution >= 0.6 is 11.6 Å². The number of anilines is 1. The molecule has 2 rings (SSSR count). The van der Waals surface area contributed by atoms with Crippen molar-refractivity contribution in [2.24, 2.45) is 5.92 Å². The summed E-state index contributed by atoms with van der Waals surface area (Å²) in [4.78, 5) is 25.2. The summed E-state index contributed by atoms with van der Waals surface area (Å²) in [7, 11) is 0. The van der Waals surface area contributed by atoms with Crippen LogP contribution in [0.25, 0.3) is 0 Å². The maximum Gasteiger partial charge on any atom is 0.313 e. The van der Waals surface area contributed by atoms with E-state index in [0.717, 1.165) is 12.1 Å². The number of β-amino-alcohol motifs (C(OH)–C–C–N with tert-alkyl or cyclic N) is 1. The lowest BCUT2D eigenvalue weighted by molar-refractivity contribution is -0.146. The van der Waals surface area contributed by atoms with Gasteiger partial charge < -0.3 is 15.3 Å². The summed E-state index contributed by atoms with van der Waals surface area (Å²) in [5, 5.41) is 12.2. The SMILES string of the molecule is CC1CCN(C(=O)C(=O)Nc2cc(F)ccc2Cl)CC1O. The molecule has 5 nitrogen and oxygen atoms in total. The minimum Gasteiger partial charge on any atom is -0.391 e. The molecule has 0 radical (unpaired) electrons. The molecule has 0 spiro atoms. The van der Waals surface area contributed by atoms with Gasteiger partial charge in [-0.25, -0.2) is 4.39 Å².